The quantitative estimate of drug-likeness (QED) is 0.684. The van der Waals surface area contributed by atoms with Crippen molar-refractivity contribution < 1.29 is 22.0 Å². The van der Waals surface area contributed by atoms with Crippen LogP contribution in [-0.4, -0.2) is 9.78 Å². The first-order chi connectivity index (χ1) is 11.3. The summed E-state index contributed by atoms with van der Waals surface area (Å²) in [6.07, 6.45) is -4.47. The van der Waals surface area contributed by atoms with Gasteiger partial charge in [0.15, 0.2) is 0 Å². The standard InChI is InChI=1S/C16H10F4N2O2/c17-13-6-4-11(5-7-13)14-21-22(15(23)24-14)9-10-2-1-3-12(8-10)16(18,19)20/h1-8H,9H2. The van der Waals surface area contributed by atoms with Crippen molar-refractivity contribution in [1.82, 2.24) is 9.78 Å². The van der Waals surface area contributed by atoms with Gasteiger partial charge in [-0.05, 0) is 42.0 Å². The molecule has 24 heavy (non-hydrogen) atoms. The summed E-state index contributed by atoms with van der Waals surface area (Å²) in [4.78, 5) is 11.8. The highest BCUT2D eigenvalue weighted by Crippen LogP contribution is 2.29. The first-order valence-electron chi connectivity index (χ1n) is 6.83. The van der Waals surface area contributed by atoms with E-state index in [1.54, 1.807) is 0 Å². The van der Waals surface area contributed by atoms with Crippen LogP contribution in [0.2, 0.25) is 0 Å². The van der Waals surface area contributed by atoms with Crippen molar-refractivity contribution >= 4 is 0 Å². The average molecular weight is 338 g/mol. The Hall–Kier alpha value is -2.90. The third-order valence-corrected chi connectivity index (χ3v) is 3.28. The molecule has 0 aliphatic carbocycles. The van der Waals surface area contributed by atoms with Crippen molar-refractivity contribution in [2.45, 2.75) is 12.7 Å². The summed E-state index contributed by atoms with van der Waals surface area (Å²) in [6, 6.07) is 9.72. The first-order valence-corrected chi connectivity index (χ1v) is 6.83. The van der Waals surface area contributed by atoms with Gasteiger partial charge < -0.3 is 4.42 Å². The fourth-order valence-corrected chi connectivity index (χ4v) is 2.13. The van der Waals surface area contributed by atoms with Gasteiger partial charge in [-0.25, -0.2) is 9.18 Å². The van der Waals surface area contributed by atoms with Crippen LogP contribution < -0.4 is 5.76 Å². The maximum absolute atomic E-state index is 12.9. The summed E-state index contributed by atoms with van der Waals surface area (Å²) in [5, 5.41) is 3.93. The van der Waals surface area contributed by atoms with Crippen LogP contribution in [0.15, 0.2) is 57.7 Å². The molecule has 1 heterocycles. The molecule has 3 aromatic rings. The third-order valence-electron chi connectivity index (χ3n) is 3.28. The van der Waals surface area contributed by atoms with Gasteiger partial charge in [0.05, 0.1) is 12.1 Å². The van der Waals surface area contributed by atoms with Crippen molar-refractivity contribution in [1.29, 1.82) is 0 Å². The maximum Gasteiger partial charge on any atom is 0.437 e. The number of alkyl halides is 3. The number of aromatic nitrogens is 2. The van der Waals surface area contributed by atoms with Crippen LogP contribution in [0.1, 0.15) is 11.1 Å². The smallest absolute Gasteiger partial charge is 0.388 e. The first kappa shape index (κ1) is 16.0. The molecule has 124 valence electrons. The van der Waals surface area contributed by atoms with Crippen LogP contribution in [0.5, 0.6) is 0 Å². The third kappa shape index (κ3) is 3.37. The van der Waals surface area contributed by atoms with E-state index in [0.29, 0.717) is 5.56 Å². The summed E-state index contributed by atoms with van der Waals surface area (Å²) >= 11 is 0. The second-order valence-corrected chi connectivity index (χ2v) is 5.04. The number of halogens is 4. The van der Waals surface area contributed by atoms with Crippen LogP contribution in [0.25, 0.3) is 11.5 Å². The highest BCUT2D eigenvalue weighted by atomic mass is 19.4. The highest BCUT2D eigenvalue weighted by Gasteiger charge is 2.30. The Morgan fingerprint density at radius 3 is 2.46 bits per heavy atom. The Balaban J connectivity index is 1.89. The minimum absolute atomic E-state index is 0.0352. The molecule has 0 radical (unpaired) electrons. The van der Waals surface area contributed by atoms with Gasteiger partial charge in [0.1, 0.15) is 5.82 Å². The van der Waals surface area contributed by atoms with E-state index in [1.165, 1.54) is 36.4 Å². The Morgan fingerprint density at radius 2 is 1.79 bits per heavy atom. The van der Waals surface area contributed by atoms with Crippen molar-refractivity contribution in [2.75, 3.05) is 0 Å². The molecule has 0 spiro atoms. The normalized spacial score (nSPS) is 11.7. The molecular formula is C16H10F4N2O2. The molecule has 0 aliphatic rings. The Labute approximate surface area is 133 Å². The summed E-state index contributed by atoms with van der Waals surface area (Å²) < 4.78 is 56.9. The fourth-order valence-electron chi connectivity index (χ4n) is 2.13. The van der Waals surface area contributed by atoms with Gasteiger partial charge in [-0.15, -0.1) is 5.10 Å². The monoisotopic (exact) mass is 338 g/mol. The van der Waals surface area contributed by atoms with Gasteiger partial charge >= 0.3 is 11.9 Å². The van der Waals surface area contributed by atoms with E-state index in [4.69, 9.17) is 4.42 Å². The lowest BCUT2D eigenvalue weighted by Crippen LogP contribution is -2.17. The van der Waals surface area contributed by atoms with Crippen LogP contribution >= 0.6 is 0 Å². The van der Waals surface area contributed by atoms with Crippen molar-refractivity contribution in [2.24, 2.45) is 0 Å². The number of rotatable bonds is 3. The summed E-state index contributed by atoms with van der Waals surface area (Å²) in [5.74, 6) is -1.30. The molecule has 2 aromatic carbocycles. The van der Waals surface area contributed by atoms with Crippen LogP contribution in [0.4, 0.5) is 17.6 Å². The zero-order valence-corrected chi connectivity index (χ0v) is 12.0. The summed E-state index contributed by atoms with van der Waals surface area (Å²) in [7, 11) is 0. The molecule has 0 saturated heterocycles. The maximum atomic E-state index is 12.9. The molecule has 8 heteroatoms. The van der Waals surface area contributed by atoms with Crippen molar-refractivity contribution in [3.8, 4) is 11.5 Å². The lowest BCUT2D eigenvalue weighted by molar-refractivity contribution is -0.137. The largest absolute Gasteiger partial charge is 0.437 e. The van der Waals surface area contributed by atoms with Gasteiger partial charge in [-0.2, -0.15) is 17.9 Å². The molecule has 0 amide bonds. The van der Waals surface area contributed by atoms with E-state index < -0.39 is 23.3 Å². The fraction of sp³-hybridized carbons (Fsp3) is 0.125. The molecular weight excluding hydrogens is 328 g/mol. The Morgan fingerprint density at radius 1 is 1.08 bits per heavy atom. The Kier molecular flexibility index (Phi) is 3.96. The predicted molar refractivity (Wildman–Crippen MR) is 76.7 cm³/mol. The van der Waals surface area contributed by atoms with E-state index in [2.05, 4.69) is 5.10 Å². The topological polar surface area (TPSA) is 48.0 Å². The lowest BCUT2D eigenvalue weighted by atomic mass is 10.1. The molecule has 0 saturated carbocycles. The minimum Gasteiger partial charge on any atom is -0.388 e. The van der Waals surface area contributed by atoms with Gasteiger partial charge in [0, 0.05) is 5.56 Å². The minimum atomic E-state index is -4.47. The highest BCUT2D eigenvalue weighted by molar-refractivity contribution is 5.51. The summed E-state index contributed by atoms with van der Waals surface area (Å²) in [6.45, 7) is -0.173. The molecule has 4 nitrogen and oxygen atoms in total. The molecule has 0 N–H and O–H groups in total. The zero-order chi connectivity index (χ0) is 17.3. The lowest BCUT2D eigenvalue weighted by Gasteiger charge is -2.08. The van der Waals surface area contributed by atoms with Gasteiger partial charge in [-0.1, -0.05) is 12.1 Å². The van der Waals surface area contributed by atoms with Crippen molar-refractivity contribution in [3.63, 3.8) is 0 Å². The SMILES string of the molecule is O=c1oc(-c2ccc(F)cc2)nn1Cc1cccc(C(F)(F)F)c1. The molecule has 3 rings (SSSR count). The second-order valence-electron chi connectivity index (χ2n) is 5.04. The van der Waals surface area contributed by atoms with E-state index >= 15 is 0 Å². The van der Waals surface area contributed by atoms with E-state index in [1.807, 2.05) is 0 Å². The van der Waals surface area contributed by atoms with E-state index in [0.717, 1.165) is 16.8 Å². The molecule has 0 fully saturated rings. The van der Waals surface area contributed by atoms with E-state index in [9.17, 15) is 22.4 Å². The zero-order valence-electron chi connectivity index (χ0n) is 12.0. The summed E-state index contributed by atoms with van der Waals surface area (Å²) in [5.41, 5.74) is -0.169. The molecule has 1 aromatic heterocycles. The number of hydrogen-bond donors (Lipinski definition) is 0. The van der Waals surface area contributed by atoms with Crippen molar-refractivity contribution in [3.05, 3.63) is 76.0 Å². The van der Waals surface area contributed by atoms with Crippen LogP contribution in [-0.2, 0) is 12.7 Å². The Bertz CT molecular complexity index is 911. The van der Waals surface area contributed by atoms with Gasteiger partial charge in [-0.3, -0.25) is 0 Å². The van der Waals surface area contributed by atoms with Gasteiger partial charge in [0.25, 0.3) is 0 Å². The van der Waals surface area contributed by atoms with Crippen LogP contribution in [0.3, 0.4) is 0 Å². The molecule has 0 unspecified atom stereocenters. The molecule has 0 atom stereocenters. The molecule has 0 aliphatic heterocycles. The average Bonchev–Trinajstić information content (AvgIpc) is 2.88. The predicted octanol–water partition coefficient (Wildman–Crippen LogP) is 3.71. The number of hydrogen-bond acceptors (Lipinski definition) is 3. The number of benzene rings is 2. The van der Waals surface area contributed by atoms with E-state index in [-0.39, 0.29) is 18.0 Å². The number of nitrogens with zero attached hydrogens (tertiary/aromatic N) is 2. The van der Waals surface area contributed by atoms with Gasteiger partial charge in [0.2, 0.25) is 5.89 Å². The molecule has 0 bridgehead atoms. The van der Waals surface area contributed by atoms with Crippen LogP contribution in [0, 0.1) is 5.82 Å². The second kappa shape index (κ2) is 5.95.